The number of nitrogens with zero attached hydrogens (tertiary/aromatic N) is 1. The second-order valence-electron chi connectivity index (χ2n) is 6.23. The number of rotatable bonds is 7. The van der Waals surface area contributed by atoms with Crippen molar-refractivity contribution in [2.45, 2.75) is 12.6 Å². The summed E-state index contributed by atoms with van der Waals surface area (Å²) >= 11 is 0. The zero-order chi connectivity index (χ0) is 18.2. The molecule has 2 heterocycles. The van der Waals surface area contributed by atoms with Crippen LogP contribution in [0, 0.1) is 0 Å². The average molecular weight is 356 g/mol. The van der Waals surface area contributed by atoms with E-state index in [9.17, 15) is 9.90 Å². The van der Waals surface area contributed by atoms with Crippen molar-refractivity contribution in [1.29, 1.82) is 0 Å². The minimum Gasteiger partial charge on any atom is -0.465 e. The molecule has 1 amide bonds. The van der Waals surface area contributed by atoms with Gasteiger partial charge in [0, 0.05) is 25.7 Å². The monoisotopic (exact) mass is 356 g/mol. The van der Waals surface area contributed by atoms with E-state index in [0.29, 0.717) is 5.76 Å². The summed E-state index contributed by atoms with van der Waals surface area (Å²) in [6.07, 6.45) is 4.55. The maximum absolute atomic E-state index is 12.1. The summed E-state index contributed by atoms with van der Waals surface area (Å²) in [6, 6.07) is 11.0. The Morgan fingerprint density at radius 1 is 1.27 bits per heavy atom. The molecule has 2 N–H and O–H groups in total. The van der Waals surface area contributed by atoms with Gasteiger partial charge in [0.05, 0.1) is 32.1 Å². The number of benzene rings is 1. The van der Waals surface area contributed by atoms with Crippen LogP contribution in [0.15, 0.2) is 53.2 Å². The van der Waals surface area contributed by atoms with E-state index in [1.807, 2.05) is 18.2 Å². The molecule has 0 spiro atoms. The minimum absolute atomic E-state index is 0.165. The summed E-state index contributed by atoms with van der Waals surface area (Å²) in [4.78, 5) is 14.4. The first-order valence-electron chi connectivity index (χ1n) is 8.76. The number of aliphatic hydroxyl groups excluding tert-OH is 1. The van der Waals surface area contributed by atoms with Gasteiger partial charge in [0.2, 0.25) is 5.91 Å². The predicted octanol–water partition coefficient (Wildman–Crippen LogP) is 1.97. The number of amides is 1. The van der Waals surface area contributed by atoms with Gasteiger partial charge in [0.15, 0.2) is 0 Å². The van der Waals surface area contributed by atoms with Crippen molar-refractivity contribution in [2.24, 2.45) is 0 Å². The molecule has 0 radical (unpaired) electrons. The highest BCUT2D eigenvalue weighted by Gasteiger charge is 2.15. The molecule has 0 bridgehead atoms. The standard InChI is InChI=1S/C20H24N2O4/c23-15-19(21-20(24)7-6-18-5-2-10-26-18)17-4-1-3-16(13-17)14-22-8-11-25-12-9-22/h1-7,10,13,19,23H,8-9,11-12,14-15H2,(H,21,24)/b7-6+/t19-/m1/s1. The predicted molar refractivity (Wildman–Crippen MR) is 98.2 cm³/mol. The lowest BCUT2D eigenvalue weighted by molar-refractivity contribution is -0.117. The van der Waals surface area contributed by atoms with Crippen LogP contribution in [0.2, 0.25) is 0 Å². The van der Waals surface area contributed by atoms with E-state index in [0.717, 1.165) is 44.0 Å². The molecule has 0 aliphatic carbocycles. The first kappa shape index (κ1) is 18.4. The van der Waals surface area contributed by atoms with Crippen molar-refractivity contribution in [3.63, 3.8) is 0 Å². The van der Waals surface area contributed by atoms with Gasteiger partial charge in [0.1, 0.15) is 5.76 Å². The van der Waals surface area contributed by atoms with Crippen molar-refractivity contribution in [3.8, 4) is 0 Å². The summed E-state index contributed by atoms with van der Waals surface area (Å²) < 4.78 is 10.5. The van der Waals surface area contributed by atoms with Crippen LogP contribution in [0.25, 0.3) is 6.08 Å². The van der Waals surface area contributed by atoms with E-state index in [1.54, 1.807) is 24.5 Å². The third-order valence-electron chi connectivity index (χ3n) is 4.30. The van der Waals surface area contributed by atoms with Crippen LogP contribution in [0.1, 0.15) is 22.9 Å². The van der Waals surface area contributed by atoms with Gasteiger partial charge in [-0.05, 0) is 29.3 Å². The maximum atomic E-state index is 12.1. The van der Waals surface area contributed by atoms with Crippen LogP contribution in [0.5, 0.6) is 0 Å². The average Bonchev–Trinajstić information content (AvgIpc) is 3.19. The van der Waals surface area contributed by atoms with Gasteiger partial charge in [-0.3, -0.25) is 9.69 Å². The molecule has 1 saturated heterocycles. The Kier molecular flexibility index (Phi) is 6.60. The molecule has 1 fully saturated rings. The van der Waals surface area contributed by atoms with Gasteiger partial charge in [-0.2, -0.15) is 0 Å². The Morgan fingerprint density at radius 2 is 2.12 bits per heavy atom. The Bertz CT molecular complexity index is 721. The summed E-state index contributed by atoms with van der Waals surface area (Å²) in [5, 5.41) is 12.5. The lowest BCUT2D eigenvalue weighted by atomic mass is 10.0. The van der Waals surface area contributed by atoms with E-state index in [4.69, 9.17) is 9.15 Å². The van der Waals surface area contributed by atoms with Crippen molar-refractivity contribution in [3.05, 3.63) is 65.6 Å². The highest BCUT2D eigenvalue weighted by Crippen LogP contribution is 2.16. The topological polar surface area (TPSA) is 74.9 Å². The summed E-state index contributed by atoms with van der Waals surface area (Å²) in [7, 11) is 0. The quantitative estimate of drug-likeness (QED) is 0.742. The molecule has 1 aliphatic heterocycles. The second kappa shape index (κ2) is 9.33. The van der Waals surface area contributed by atoms with Crippen LogP contribution in [0.3, 0.4) is 0 Å². The molecule has 1 aliphatic rings. The van der Waals surface area contributed by atoms with Crippen LogP contribution in [-0.2, 0) is 16.1 Å². The Labute approximate surface area is 153 Å². The lowest BCUT2D eigenvalue weighted by Gasteiger charge is -2.27. The smallest absolute Gasteiger partial charge is 0.244 e. The molecule has 6 nitrogen and oxygen atoms in total. The molecular formula is C20H24N2O4. The fraction of sp³-hybridized carbons (Fsp3) is 0.350. The van der Waals surface area contributed by atoms with E-state index >= 15 is 0 Å². The number of morpholine rings is 1. The number of nitrogens with one attached hydrogen (secondary N) is 1. The van der Waals surface area contributed by atoms with E-state index in [-0.39, 0.29) is 12.5 Å². The zero-order valence-corrected chi connectivity index (χ0v) is 14.6. The fourth-order valence-corrected chi connectivity index (χ4v) is 2.92. The lowest BCUT2D eigenvalue weighted by Crippen LogP contribution is -2.35. The Morgan fingerprint density at radius 3 is 2.85 bits per heavy atom. The molecule has 2 aromatic rings. The van der Waals surface area contributed by atoms with Crippen molar-refractivity contribution < 1.29 is 19.1 Å². The molecule has 1 atom stereocenters. The van der Waals surface area contributed by atoms with Crippen molar-refractivity contribution >= 4 is 12.0 Å². The molecule has 138 valence electrons. The highest BCUT2D eigenvalue weighted by molar-refractivity contribution is 5.91. The molecular weight excluding hydrogens is 332 g/mol. The molecule has 0 saturated carbocycles. The van der Waals surface area contributed by atoms with Crippen molar-refractivity contribution in [1.82, 2.24) is 10.2 Å². The van der Waals surface area contributed by atoms with Crippen LogP contribution in [0.4, 0.5) is 0 Å². The van der Waals surface area contributed by atoms with Gasteiger partial charge >= 0.3 is 0 Å². The van der Waals surface area contributed by atoms with Crippen LogP contribution >= 0.6 is 0 Å². The molecule has 6 heteroatoms. The Balaban J connectivity index is 1.61. The SMILES string of the molecule is O=C(/C=C/c1ccco1)N[C@H](CO)c1cccc(CN2CCOCC2)c1. The molecule has 1 aromatic heterocycles. The first-order valence-corrected chi connectivity index (χ1v) is 8.76. The van der Waals surface area contributed by atoms with Gasteiger partial charge < -0.3 is 19.6 Å². The van der Waals surface area contributed by atoms with Gasteiger partial charge in [-0.15, -0.1) is 0 Å². The summed E-state index contributed by atoms with van der Waals surface area (Å²) in [5.74, 6) is 0.326. The number of hydrogen-bond acceptors (Lipinski definition) is 5. The van der Waals surface area contributed by atoms with Gasteiger partial charge in [-0.25, -0.2) is 0 Å². The van der Waals surface area contributed by atoms with Crippen molar-refractivity contribution in [2.75, 3.05) is 32.9 Å². The van der Waals surface area contributed by atoms with Gasteiger partial charge in [-0.1, -0.05) is 24.3 Å². The molecule has 26 heavy (non-hydrogen) atoms. The first-order chi connectivity index (χ1) is 12.7. The van der Waals surface area contributed by atoms with Gasteiger partial charge in [0.25, 0.3) is 0 Å². The summed E-state index contributed by atoms with van der Waals surface area (Å²) in [5.41, 5.74) is 2.04. The third-order valence-corrected chi connectivity index (χ3v) is 4.30. The van der Waals surface area contributed by atoms with Crippen LogP contribution in [-0.4, -0.2) is 48.8 Å². The Hall–Kier alpha value is -2.41. The van der Waals surface area contributed by atoms with Crippen LogP contribution < -0.4 is 5.32 Å². The highest BCUT2D eigenvalue weighted by atomic mass is 16.5. The summed E-state index contributed by atoms with van der Waals surface area (Å²) in [6.45, 7) is 4.03. The number of carbonyl (C=O) groups excluding carboxylic acids is 1. The number of ether oxygens (including phenoxy) is 1. The molecule has 3 rings (SSSR count). The zero-order valence-electron chi connectivity index (χ0n) is 14.6. The van der Waals surface area contributed by atoms with E-state index in [2.05, 4.69) is 16.3 Å². The molecule has 1 aromatic carbocycles. The fourth-order valence-electron chi connectivity index (χ4n) is 2.92. The molecule has 0 unspecified atom stereocenters. The maximum Gasteiger partial charge on any atom is 0.244 e. The van der Waals surface area contributed by atoms with E-state index < -0.39 is 6.04 Å². The third kappa shape index (κ3) is 5.29. The number of aliphatic hydroxyl groups is 1. The normalized spacial score (nSPS) is 16.7. The number of carbonyl (C=O) groups is 1. The number of hydrogen-bond donors (Lipinski definition) is 2. The van der Waals surface area contributed by atoms with E-state index in [1.165, 1.54) is 6.08 Å². The number of furan rings is 1. The second-order valence-corrected chi connectivity index (χ2v) is 6.23. The largest absolute Gasteiger partial charge is 0.465 e. The minimum atomic E-state index is -0.451.